The van der Waals surface area contributed by atoms with Crippen LogP contribution in [0.2, 0.25) is 5.02 Å². The van der Waals surface area contributed by atoms with Crippen molar-refractivity contribution in [2.75, 3.05) is 5.75 Å². The minimum atomic E-state index is 0.0503. The highest BCUT2D eigenvalue weighted by atomic mass is 35.5. The maximum atomic E-state index is 12.2. The van der Waals surface area contributed by atoms with Gasteiger partial charge in [-0.2, -0.15) is 0 Å². The second-order valence-electron chi connectivity index (χ2n) is 6.71. The molecule has 1 aliphatic rings. The molecule has 0 radical (unpaired) electrons. The van der Waals surface area contributed by atoms with Gasteiger partial charge in [0.15, 0.2) is 5.82 Å². The largest absolute Gasteiger partial charge is 0.486 e. The minimum absolute atomic E-state index is 0.0503. The van der Waals surface area contributed by atoms with Gasteiger partial charge in [-0.15, -0.1) is 5.10 Å². The number of ether oxygens (including phenoxy) is 1. The van der Waals surface area contributed by atoms with E-state index in [1.54, 1.807) is 24.3 Å². The molecule has 2 N–H and O–H groups in total. The van der Waals surface area contributed by atoms with Crippen LogP contribution in [0.3, 0.4) is 0 Å². The van der Waals surface area contributed by atoms with Crippen LogP contribution in [0.4, 0.5) is 0 Å². The van der Waals surface area contributed by atoms with E-state index in [1.807, 2.05) is 0 Å². The normalized spacial score (nSPS) is 15.7. The van der Waals surface area contributed by atoms with Crippen molar-refractivity contribution in [3.05, 3.63) is 35.1 Å². The van der Waals surface area contributed by atoms with Crippen LogP contribution < -0.4 is 10.1 Å². The van der Waals surface area contributed by atoms with Gasteiger partial charge in [-0.1, -0.05) is 55.5 Å². The fourth-order valence-corrected chi connectivity index (χ4v) is 3.84. The summed E-state index contributed by atoms with van der Waals surface area (Å²) in [5, 5.41) is 11.3. The van der Waals surface area contributed by atoms with Gasteiger partial charge in [0.25, 0.3) is 0 Å². The van der Waals surface area contributed by atoms with Crippen molar-refractivity contribution < 1.29 is 9.53 Å². The molecule has 1 aromatic heterocycles. The predicted molar refractivity (Wildman–Crippen MR) is 107 cm³/mol. The molecular weight excluding hydrogens is 384 g/mol. The maximum absolute atomic E-state index is 12.2. The van der Waals surface area contributed by atoms with E-state index in [2.05, 4.69) is 20.5 Å². The highest BCUT2D eigenvalue weighted by Gasteiger charge is 2.15. The Balaban J connectivity index is 1.39. The molecule has 2 aromatic rings. The summed E-state index contributed by atoms with van der Waals surface area (Å²) < 4.78 is 5.63. The fraction of sp³-hybridized carbons (Fsp3) is 0.526. The van der Waals surface area contributed by atoms with Crippen LogP contribution in [0.15, 0.2) is 29.4 Å². The molecule has 6 nitrogen and oxygen atoms in total. The quantitative estimate of drug-likeness (QED) is 0.665. The first-order chi connectivity index (χ1) is 13.2. The molecule has 0 unspecified atom stereocenters. The smallest absolute Gasteiger partial charge is 0.230 e. The topological polar surface area (TPSA) is 79.9 Å². The van der Waals surface area contributed by atoms with E-state index in [0.29, 0.717) is 33.5 Å². The molecule has 0 aliphatic heterocycles. The molecule has 1 aromatic carbocycles. The lowest BCUT2D eigenvalue weighted by Crippen LogP contribution is -2.36. The third kappa shape index (κ3) is 7.07. The van der Waals surface area contributed by atoms with Crippen molar-refractivity contribution in [1.29, 1.82) is 0 Å². The van der Waals surface area contributed by atoms with Crippen LogP contribution >= 0.6 is 23.4 Å². The van der Waals surface area contributed by atoms with Gasteiger partial charge in [-0.3, -0.25) is 9.89 Å². The van der Waals surface area contributed by atoms with Gasteiger partial charge < -0.3 is 10.1 Å². The minimum Gasteiger partial charge on any atom is -0.486 e. The first-order valence-electron chi connectivity index (χ1n) is 9.41. The molecule has 0 spiro atoms. The molecule has 146 valence electrons. The molecular formula is C19H25ClN4O2S. The predicted octanol–water partition coefficient (Wildman–Crippen LogP) is 4.36. The lowest BCUT2D eigenvalue weighted by Gasteiger charge is -2.20. The third-order valence-electron chi connectivity index (χ3n) is 4.50. The number of carbonyl (C=O) groups is 1. The SMILES string of the molecule is O=C(CSc1n[nH]c(COc2ccc(Cl)cc2)n1)NC1CCCCCCC1. The standard InChI is InChI=1S/C19H25ClN4O2S/c20-14-8-10-16(11-9-14)26-12-17-22-19(24-23-17)27-13-18(25)21-15-6-4-2-1-3-5-7-15/h8-11,15H,1-7,12-13H2,(H,21,25)(H,22,23,24). The van der Waals surface area contributed by atoms with E-state index in [4.69, 9.17) is 16.3 Å². The Hall–Kier alpha value is -1.73. The maximum Gasteiger partial charge on any atom is 0.230 e. The van der Waals surface area contributed by atoms with Crippen molar-refractivity contribution in [2.24, 2.45) is 0 Å². The van der Waals surface area contributed by atoms with Crippen LogP contribution in [0.1, 0.15) is 50.8 Å². The van der Waals surface area contributed by atoms with E-state index >= 15 is 0 Å². The van der Waals surface area contributed by atoms with Crippen LogP contribution in [0.5, 0.6) is 5.75 Å². The van der Waals surface area contributed by atoms with E-state index < -0.39 is 0 Å². The number of amides is 1. The average molecular weight is 409 g/mol. The Morgan fingerprint density at radius 2 is 1.89 bits per heavy atom. The number of nitrogens with zero attached hydrogens (tertiary/aromatic N) is 2. The van der Waals surface area contributed by atoms with Gasteiger partial charge in [0.1, 0.15) is 12.4 Å². The summed E-state index contributed by atoms with van der Waals surface area (Å²) in [5.41, 5.74) is 0. The zero-order chi connectivity index (χ0) is 18.9. The number of nitrogens with one attached hydrogen (secondary N) is 2. The molecule has 1 fully saturated rings. The summed E-state index contributed by atoms with van der Waals surface area (Å²) in [4.78, 5) is 16.5. The van der Waals surface area contributed by atoms with Crippen LogP contribution in [-0.4, -0.2) is 32.9 Å². The van der Waals surface area contributed by atoms with E-state index in [1.165, 1.54) is 43.9 Å². The Morgan fingerprint density at radius 3 is 2.63 bits per heavy atom. The number of rotatable bonds is 7. The number of aromatic amines is 1. The van der Waals surface area contributed by atoms with E-state index in [-0.39, 0.29) is 12.5 Å². The van der Waals surface area contributed by atoms with Crippen molar-refractivity contribution in [3.63, 3.8) is 0 Å². The average Bonchev–Trinajstić information content (AvgIpc) is 3.10. The fourth-order valence-electron chi connectivity index (χ4n) is 3.09. The van der Waals surface area contributed by atoms with Crippen molar-refractivity contribution in [2.45, 2.75) is 62.8 Å². The zero-order valence-corrected chi connectivity index (χ0v) is 16.8. The number of carbonyl (C=O) groups excluding carboxylic acids is 1. The molecule has 27 heavy (non-hydrogen) atoms. The number of aromatic nitrogens is 3. The molecule has 8 heteroatoms. The lowest BCUT2D eigenvalue weighted by atomic mass is 9.97. The Kier molecular flexibility index (Phi) is 7.83. The zero-order valence-electron chi connectivity index (χ0n) is 15.2. The van der Waals surface area contributed by atoms with Gasteiger partial charge in [-0.25, -0.2) is 4.98 Å². The summed E-state index contributed by atoms with van der Waals surface area (Å²) in [7, 11) is 0. The second kappa shape index (κ2) is 10.6. The number of hydrogen-bond donors (Lipinski definition) is 2. The highest BCUT2D eigenvalue weighted by molar-refractivity contribution is 7.99. The molecule has 0 bridgehead atoms. The van der Waals surface area contributed by atoms with Crippen molar-refractivity contribution in [1.82, 2.24) is 20.5 Å². The monoisotopic (exact) mass is 408 g/mol. The summed E-state index contributed by atoms with van der Waals surface area (Å²) in [6, 6.07) is 7.46. The molecule has 0 saturated heterocycles. The highest BCUT2D eigenvalue weighted by Crippen LogP contribution is 2.19. The van der Waals surface area contributed by atoms with Gasteiger partial charge in [-0.05, 0) is 37.1 Å². The number of H-pyrrole nitrogens is 1. The number of halogens is 1. The number of hydrogen-bond acceptors (Lipinski definition) is 5. The first kappa shape index (κ1) is 20.0. The molecule has 1 saturated carbocycles. The Labute approximate surface area is 168 Å². The second-order valence-corrected chi connectivity index (χ2v) is 8.08. The van der Waals surface area contributed by atoms with E-state index in [9.17, 15) is 4.79 Å². The Bertz CT molecular complexity index is 715. The Morgan fingerprint density at radius 1 is 1.19 bits per heavy atom. The van der Waals surface area contributed by atoms with Crippen molar-refractivity contribution in [3.8, 4) is 5.75 Å². The molecule has 1 heterocycles. The van der Waals surface area contributed by atoms with E-state index in [0.717, 1.165) is 12.8 Å². The first-order valence-corrected chi connectivity index (χ1v) is 10.8. The number of thioether (sulfide) groups is 1. The lowest BCUT2D eigenvalue weighted by molar-refractivity contribution is -0.119. The summed E-state index contributed by atoms with van der Waals surface area (Å²) in [6.45, 7) is 0.281. The summed E-state index contributed by atoms with van der Waals surface area (Å²) >= 11 is 7.18. The van der Waals surface area contributed by atoms with Gasteiger partial charge in [0.2, 0.25) is 11.1 Å². The van der Waals surface area contributed by atoms with Crippen LogP contribution in [0.25, 0.3) is 0 Å². The van der Waals surface area contributed by atoms with Gasteiger partial charge in [0, 0.05) is 11.1 Å². The molecule has 3 rings (SSSR count). The van der Waals surface area contributed by atoms with Crippen LogP contribution in [0, 0.1) is 0 Å². The van der Waals surface area contributed by atoms with Crippen LogP contribution in [-0.2, 0) is 11.4 Å². The van der Waals surface area contributed by atoms with Gasteiger partial charge >= 0.3 is 0 Å². The molecule has 0 atom stereocenters. The summed E-state index contributed by atoms with van der Waals surface area (Å²) in [5.74, 6) is 1.71. The number of benzene rings is 1. The third-order valence-corrected chi connectivity index (χ3v) is 5.60. The molecule has 1 aliphatic carbocycles. The summed E-state index contributed by atoms with van der Waals surface area (Å²) in [6.07, 6.45) is 8.46. The van der Waals surface area contributed by atoms with Gasteiger partial charge in [0.05, 0.1) is 5.75 Å². The van der Waals surface area contributed by atoms with Crippen molar-refractivity contribution >= 4 is 29.3 Å². The molecule has 1 amide bonds.